The summed E-state index contributed by atoms with van der Waals surface area (Å²) in [5.74, 6) is -1.65. The standard InChI is InChI=1S/C12H14O5/c1-12(2,7-13)17-11(16)9-5-3-8(4-6-9)10(14)15/h3-6,13H,7H2,1-2H3,(H,14,15). The van der Waals surface area contributed by atoms with Gasteiger partial charge in [0.05, 0.1) is 17.7 Å². The lowest BCUT2D eigenvalue weighted by Crippen LogP contribution is -2.32. The van der Waals surface area contributed by atoms with Crippen molar-refractivity contribution >= 4 is 11.9 Å². The molecule has 0 heterocycles. The van der Waals surface area contributed by atoms with Crippen molar-refractivity contribution in [3.05, 3.63) is 35.4 Å². The number of carbonyl (C=O) groups is 2. The Bertz CT molecular complexity index is 419. The van der Waals surface area contributed by atoms with Crippen LogP contribution in [0.1, 0.15) is 34.6 Å². The molecule has 0 amide bonds. The minimum absolute atomic E-state index is 0.1000. The molecule has 1 aromatic carbocycles. The van der Waals surface area contributed by atoms with E-state index in [0.717, 1.165) is 0 Å². The van der Waals surface area contributed by atoms with E-state index < -0.39 is 17.5 Å². The summed E-state index contributed by atoms with van der Waals surface area (Å²) in [5, 5.41) is 17.6. The number of carboxylic acid groups (broad SMARTS) is 1. The van der Waals surface area contributed by atoms with Gasteiger partial charge in [-0.2, -0.15) is 0 Å². The van der Waals surface area contributed by atoms with Crippen LogP contribution in [0, 0.1) is 0 Å². The van der Waals surface area contributed by atoms with Crippen molar-refractivity contribution in [3.63, 3.8) is 0 Å². The van der Waals surface area contributed by atoms with Crippen LogP contribution in [0.3, 0.4) is 0 Å². The molecule has 0 fully saturated rings. The Kier molecular flexibility index (Phi) is 3.85. The second-order valence-electron chi connectivity index (χ2n) is 4.19. The number of rotatable bonds is 4. The zero-order valence-electron chi connectivity index (χ0n) is 9.64. The first-order chi connectivity index (χ1) is 7.85. The van der Waals surface area contributed by atoms with Gasteiger partial charge in [-0.3, -0.25) is 0 Å². The highest BCUT2D eigenvalue weighted by molar-refractivity contribution is 5.92. The molecule has 17 heavy (non-hydrogen) atoms. The molecule has 0 radical (unpaired) electrons. The molecule has 2 N–H and O–H groups in total. The monoisotopic (exact) mass is 238 g/mol. The number of hydrogen-bond donors (Lipinski definition) is 2. The zero-order chi connectivity index (χ0) is 13.1. The van der Waals surface area contributed by atoms with Gasteiger partial charge in [-0.25, -0.2) is 9.59 Å². The van der Waals surface area contributed by atoms with Gasteiger partial charge in [-0.1, -0.05) is 0 Å². The second-order valence-corrected chi connectivity index (χ2v) is 4.19. The topological polar surface area (TPSA) is 83.8 Å². The molecule has 0 saturated heterocycles. The van der Waals surface area contributed by atoms with Crippen molar-refractivity contribution in [2.75, 3.05) is 6.61 Å². The molecule has 0 aliphatic carbocycles. The van der Waals surface area contributed by atoms with Crippen molar-refractivity contribution in [1.82, 2.24) is 0 Å². The van der Waals surface area contributed by atoms with Gasteiger partial charge < -0.3 is 14.9 Å². The Balaban J connectivity index is 2.80. The zero-order valence-corrected chi connectivity index (χ0v) is 9.64. The van der Waals surface area contributed by atoms with Gasteiger partial charge in [0.15, 0.2) is 0 Å². The van der Waals surface area contributed by atoms with Crippen LogP contribution in [0.2, 0.25) is 0 Å². The number of esters is 1. The van der Waals surface area contributed by atoms with E-state index in [0.29, 0.717) is 0 Å². The van der Waals surface area contributed by atoms with E-state index in [2.05, 4.69) is 0 Å². The summed E-state index contributed by atoms with van der Waals surface area (Å²) in [6, 6.07) is 5.40. The molecule has 0 atom stereocenters. The first-order valence-electron chi connectivity index (χ1n) is 5.03. The van der Waals surface area contributed by atoms with E-state index >= 15 is 0 Å². The Hall–Kier alpha value is -1.88. The Morgan fingerprint density at radius 1 is 1.18 bits per heavy atom. The highest BCUT2D eigenvalue weighted by Gasteiger charge is 2.22. The number of ether oxygens (including phenoxy) is 1. The predicted octanol–water partition coefficient (Wildman–Crippen LogP) is 1.31. The lowest BCUT2D eigenvalue weighted by atomic mass is 10.1. The fraction of sp³-hybridized carbons (Fsp3) is 0.333. The highest BCUT2D eigenvalue weighted by atomic mass is 16.6. The number of hydrogen-bond acceptors (Lipinski definition) is 4. The van der Waals surface area contributed by atoms with Gasteiger partial charge in [0.25, 0.3) is 0 Å². The normalized spacial score (nSPS) is 11.0. The van der Waals surface area contributed by atoms with Gasteiger partial charge in [0.2, 0.25) is 0 Å². The maximum Gasteiger partial charge on any atom is 0.338 e. The maximum atomic E-state index is 11.6. The minimum Gasteiger partial charge on any atom is -0.478 e. The van der Waals surface area contributed by atoms with Gasteiger partial charge in [-0.05, 0) is 38.1 Å². The van der Waals surface area contributed by atoms with E-state index in [4.69, 9.17) is 14.9 Å². The fourth-order valence-corrected chi connectivity index (χ4v) is 1.09. The highest BCUT2D eigenvalue weighted by Crippen LogP contribution is 2.13. The van der Waals surface area contributed by atoms with E-state index in [1.54, 1.807) is 13.8 Å². The summed E-state index contributed by atoms with van der Waals surface area (Å²) in [4.78, 5) is 22.2. The van der Waals surface area contributed by atoms with Crippen LogP contribution in [0.5, 0.6) is 0 Å². The minimum atomic E-state index is -1.05. The number of aliphatic hydroxyl groups excluding tert-OH is 1. The van der Waals surface area contributed by atoms with Crippen LogP contribution in [0.25, 0.3) is 0 Å². The van der Waals surface area contributed by atoms with Crippen molar-refractivity contribution < 1.29 is 24.5 Å². The quantitative estimate of drug-likeness (QED) is 0.773. The molecular formula is C12H14O5. The van der Waals surface area contributed by atoms with Crippen LogP contribution in [-0.4, -0.2) is 34.4 Å². The molecule has 0 aliphatic heterocycles. The van der Waals surface area contributed by atoms with Crippen LogP contribution in [0.15, 0.2) is 24.3 Å². The Morgan fingerprint density at radius 3 is 2.06 bits per heavy atom. The first kappa shape index (κ1) is 13.2. The van der Waals surface area contributed by atoms with Gasteiger partial charge in [0, 0.05) is 0 Å². The van der Waals surface area contributed by atoms with E-state index in [1.165, 1.54) is 24.3 Å². The van der Waals surface area contributed by atoms with E-state index in [1.807, 2.05) is 0 Å². The van der Waals surface area contributed by atoms with Gasteiger partial charge in [-0.15, -0.1) is 0 Å². The first-order valence-corrected chi connectivity index (χ1v) is 5.03. The van der Waals surface area contributed by atoms with E-state index in [-0.39, 0.29) is 17.7 Å². The predicted molar refractivity (Wildman–Crippen MR) is 60.0 cm³/mol. The summed E-state index contributed by atoms with van der Waals surface area (Å²) in [5.41, 5.74) is -0.609. The van der Waals surface area contributed by atoms with Gasteiger partial charge >= 0.3 is 11.9 Å². The molecule has 5 nitrogen and oxygen atoms in total. The Morgan fingerprint density at radius 2 is 1.65 bits per heavy atom. The third kappa shape index (κ3) is 3.57. The molecule has 92 valence electrons. The third-order valence-electron chi connectivity index (χ3n) is 2.12. The second kappa shape index (κ2) is 4.97. The Labute approximate surface area is 98.6 Å². The molecular weight excluding hydrogens is 224 g/mol. The van der Waals surface area contributed by atoms with E-state index in [9.17, 15) is 9.59 Å². The lowest BCUT2D eigenvalue weighted by Gasteiger charge is -2.22. The number of aliphatic hydroxyl groups is 1. The number of carbonyl (C=O) groups excluding carboxylic acids is 1. The molecule has 1 rings (SSSR count). The summed E-state index contributed by atoms with van der Waals surface area (Å²) < 4.78 is 5.04. The summed E-state index contributed by atoms with van der Waals surface area (Å²) in [6.45, 7) is 2.87. The average molecular weight is 238 g/mol. The molecule has 0 aromatic heterocycles. The number of carboxylic acids is 1. The SMILES string of the molecule is CC(C)(CO)OC(=O)c1ccc(C(=O)O)cc1. The molecule has 5 heteroatoms. The maximum absolute atomic E-state index is 11.6. The molecule has 0 aliphatic rings. The van der Waals surface area contributed by atoms with Crippen LogP contribution >= 0.6 is 0 Å². The van der Waals surface area contributed by atoms with Crippen molar-refractivity contribution in [1.29, 1.82) is 0 Å². The van der Waals surface area contributed by atoms with Crippen LogP contribution < -0.4 is 0 Å². The fourth-order valence-electron chi connectivity index (χ4n) is 1.09. The van der Waals surface area contributed by atoms with Crippen molar-refractivity contribution in [2.24, 2.45) is 0 Å². The number of aromatic carboxylic acids is 1. The van der Waals surface area contributed by atoms with Crippen LogP contribution in [0.4, 0.5) is 0 Å². The van der Waals surface area contributed by atoms with Crippen molar-refractivity contribution in [2.45, 2.75) is 19.4 Å². The molecule has 1 aromatic rings. The molecule has 0 bridgehead atoms. The molecule has 0 saturated carbocycles. The molecule has 0 spiro atoms. The van der Waals surface area contributed by atoms with Crippen LogP contribution in [-0.2, 0) is 4.74 Å². The summed E-state index contributed by atoms with van der Waals surface area (Å²) in [6.07, 6.45) is 0. The summed E-state index contributed by atoms with van der Waals surface area (Å²) in [7, 11) is 0. The third-order valence-corrected chi connectivity index (χ3v) is 2.12. The largest absolute Gasteiger partial charge is 0.478 e. The average Bonchev–Trinajstić information content (AvgIpc) is 2.28. The van der Waals surface area contributed by atoms with Crippen molar-refractivity contribution in [3.8, 4) is 0 Å². The van der Waals surface area contributed by atoms with Gasteiger partial charge in [0.1, 0.15) is 5.60 Å². The smallest absolute Gasteiger partial charge is 0.338 e. The lowest BCUT2D eigenvalue weighted by molar-refractivity contribution is -0.0265. The summed E-state index contributed by atoms with van der Waals surface area (Å²) >= 11 is 0. The molecule has 0 unspecified atom stereocenters. The number of benzene rings is 1.